The van der Waals surface area contributed by atoms with Crippen molar-refractivity contribution in [1.82, 2.24) is 9.78 Å². The van der Waals surface area contributed by atoms with Gasteiger partial charge in [0.05, 0.1) is 10.7 Å². The van der Waals surface area contributed by atoms with E-state index in [2.05, 4.69) is 5.10 Å². The van der Waals surface area contributed by atoms with Crippen LogP contribution in [0.5, 0.6) is 0 Å². The molecule has 90 valence electrons. The molecule has 0 saturated heterocycles. The van der Waals surface area contributed by atoms with Crippen molar-refractivity contribution in [1.29, 1.82) is 0 Å². The molecule has 17 heavy (non-hydrogen) atoms. The van der Waals surface area contributed by atoms with Crippen LogP contribution in [0.3, 0.4) is 0 Å². The standard InChI is InChI=1S/C12H12ClFN2O/c1-16-5-4-11(15-16)12(17)7-8-2-3-10(14)9(13)6-8/h2-6,12,17H,7H2,1H3. The minimum absolute atomic E-state index is 0.0655. The van der Waals surface area contributed by atoms with Gasteiger partial charge in [0.1, 0.15) is 11.9 Å². The molecule has 0 aliphatic heterocycles. The van der Waals surface area contributed by atoms with E-state index in [9.17, 15) is 9.50 Å². The molecular formula is C12H12ClFN2O. The third-order valence-corrected chi connectivity index (χ3v) is 2.78. The Morgan fingerprint density at radius 1 is 1.47 bits per heavy atom. The first-order valence-corrected chi connectivity index (χ1v) is 5.55. The van der Waals surface area contributed by atoms with Gasteiger partial charge in [-0.15, -0.1) is 0 Å². The quantitative estimate of drug-likeness (QED) is 0.914. The van der Waals surface area contributed by atoms with Crippen LogP contribution in [0.2, 0.25) is 5.02 Å². The van der Waals surface area contributed by atoms with Crippen LogP contribution in [0.1, 0.15) is 17.4 Å². The fraction of sp³-hybridized carbons (Fsp3) is 0.250. The van der Waals surface area contributed by atoms with Gasteiger partial charge in [0.2, 0.25) is 0 Å². The zero-order valence-corrected chi connectivity index (χ0v) is 10.0. The molecule has 1 N–H and O–H groups in total. The second kappa shape index (κ2) is 4.85. The summed E-state index contributed by atoms with van der Waals surface area (Å²) in [6.07, 6.45) is 1.41. The molecule has 2 rings (SSSR count). The van der Waals surface area contributed by atoms with Crippen molar-refractivity contribution in [2.75, 3.05) is 0 Å². The van der Waals surface area contributed by atoms with E-state index in [1.54, 1.807) is 30.1 Å². The van der Waals surface area contributed by atoms with Crippen LogP contribution in [-0.4, -0.2) is 14.9 Å². The molecule has 1 aromatic heterocycles. The topological polar surface area (TPSA) is 38.0 Å². The van der Waals surface area contributed by atoms with E-state index in [1.165, 1.54) is 12.1 Å². The minimum atomic E-state index is -0.710. The smallest absolute Gasteiger partial charge is 0.141 e. The van der Waals surface area contributed by atoms with Gasteiger partial charge in [-0.1, -0.05) is 17.7 Å². The van der Waals surface area contributed by atoms with E-state index in [4.69, 9.17) is 11.6 Å². The Balaban J connectivity index is 2.12. The highest BCUT2D eigenvalue weighted by atomic mass is 35.5. The van der Waals surface area contributed by atoms with Crippen LogP contribution in [0.15, 0.2) is 30.5 Å². The van der Waals surface area contributed by atoms with Gasteiger partial charge in [-0.05, 0) is 23.8 Å². The van der Waals surface area contributed by atoms with Crippen molar-refractivity contribution in [2.45, 2.75) is 12.5 Å². The lowest BCUT2D eigenvalue weighted by atomic mass is 10.1. The summed E-state index contributed by atoms with van der Waals surface area (Å²) in [5.41, 5.74) is 1.36. The Hall–Kier alpha value is -1.39. The number of aliphatic hydroxyl groups is 1. The lowest BCUT2D eigenvalue weighted by Crippen LogP contribution is -2.03. The number of rotatable bonds is 3. The van der Waals surface area contributed by atoms with Crippen molar-refractivity contribution < 1.29 is 9.50 Å². The van der Waals surface area contributed by atoms with Crippen molar-refractivity contribution in [3.8, 4) is 0 Å². The highest BCUT2D eigenvalue weighted by Gasteiger charge is 2.12. The summed E-state index contributed by atoms with van der Waals surface area (Å²) < 4.78 is 14.6. The van der Waals surface area contributed by atoms with E-state index in [0.29, 0.717) is 12.1 Å². The van der Waals surface area contributed by atoms with E-state index in [-0.39, 0.29) is 5.02 Å². The lowest BCUT2D eigenvalue weighted by Gasteiger charge is -2.08. The van der Waals surface area contributed by atoms with Gasteiger partial charge in [0.25, 0.3) is 0 Å². The Labute approximate surface area is 103 Å². The molecule has 0 saturated carbocycles. The predicted molar refractivity (Wildman–Crippen MR) is 63.3 cm³/mol. The summed E-state index contributed by atoms with van der Waals surface area (Å²) in [7, 11) is 1.78. The lowest BCUT2D eigenvalue weighted by molar-refractivity contribution is 0.172. The highest BCUT2D eigenvalue weighted by Crippen LogP contribution is 2.21. The van der Waals surface area contributed by atoms with Crippen LogP contribution in [-0.2, 0) is 13.5 Å². The van der Waals surface area contributed by atoms with Gasteiger partial charge in [-0.3, -0.25) is 4.68 Å². The minimum Gasteiger partial charge on any atom is -0.386 e. The summed E-state index contributed by atoms with van der Waals surface area (Å²) in [6, 6.07) is 6.16. The molecule has 0 aliphatic carbocycles. The zero-order valence-electron chi connectivity index (χ0n) is 9.27. The zero-order chi connectivity index (χ0) is 12.4. The first kappa shape index (κ1) is 12.1. The van der Waals surface area contributed by atoms with Crippen molar-refractivity contribution in [3.05, 3.63) is 52.6 Å². The summed E-state index contributed by atoms with van der Waals surface area (Å²) in [4.78, 5) is 0. The summed E-state index contributed by atoms with van der Waals surface area (Å²) in [6.45, 7) is 0. The van der Waals surface area contributed by atoms with Crippen LogP contribution in [0.4, 0.5) is 4.39 Å². The highest BCUT2D eigenvalue weighted by molar-refractivity contribution is 6.30. The molecule has 0 fully saturated rings. The number of hydrogen-bond donors (Lipinski definition) is 1. The molecule has 1 heterocycles. The molecule has 3 nitrogen and oxygen atoms in total. The Morgan fingerprint density at radius 3 is 2.82 bits per heavy atom. The SMILES string of the molecule is Cn1ccc(C(O)Cc2ccc(F)c(Cl)c2)n1. The molecule has 0 aliphatic rings. The average molecular weight is 255 g/mol. The van der Waals surface area contributed by atoms with Gasteiger partial charge in [-0.2, -0.15) is 5.10 Å². The van der Waals surface area contributed by atoms with Gasteiger partial charge in [0.15, 0.2) is 0 Å². The third kappa shape index (κ3) is 2.84. The van der Waals surface area contributed by atoms with Gasteiger partial charge in [-0.25, -0.2) is 4.39 Å². The monoisotopic (exact) mass is 254 g/mol. The number of halogens is 2. The first-order valence-electron chi connectivity index (χ1n) is 5.18. The number of hydrogen-bond acceptors (Lipinski definition) is 2. The largest absolute Gasteiger partial charge is 0.386 e. The van der Waals surface area contributed by atoms with Gasteiger partial charge >= 0.3 is 0 Å². The number of aryl methyl sites for hydroxylation is 1. The Morgan fingerprint density at radius 2 is 2.24 bits per heavy atom. The molecular weight excluding hydrogens is 243 g/mol. The van der Waals surface area contributed by atoms with E-state index < -0.39 is 11.9 Å². The van der Waals surface area contributed by atoms with Crippen molar-refractivity contribution in [3.63, 3.8) is 0 Å². The maximum atomic E-state index is 13.0. The number of aromatic nitrogens is 2. The molecule has 5 heteroatoms. The van der Waals surface area contributed by atoms with Crippen LogP contribution in [0.25, 0.3) is 0 Å². The fourth-order valence-corrected chi connectivity index (χ4v) is 1.81. The van der Waals surface area contributed by atoms with Gasteiger partial charge < -0.3 is 5.11 Å². The molecule has 1 aromatic carbocycles. The van der Waals surface area contributed by atoms with E-state index >= 15 is 0 Å². The van der Waals surface area contributed by atoms with Crippen LogP contribution in [0, 0.1) is 5.82 Å². The first-order chi connectivity index (χ1) is 8.06. The number of benzene rings is 1. The average Bonchev–Trinajstić information content (AvgIpc) is 2.70. The number of aliphatic hydroxyl groups excluding tert-OH is 1. The molecule has 1 atom stereocenters. The molecule has 2 aromatic rings. The third-order valence-electron chi connectivity index (χ3n) is 2.49. The molecule has 0 bridgehead atoms. The summed E-state index contributed by atoms with van der Waals surface area (Å²) in [5.74, 6) is -0.456. The predicted octanol–water partition coefficient (Wildman–Crippen LogP) is 2.49. The summed E-state index contributed by atoms with van der Waals surface area (Å²) in [5, 5.41) is 14.1. The van der Waals surface area contributed by atoms with Crippen molar-refractivity contribution in [2.24, 2.45) is 7.05 Å². The van der Waals surface area contributed by atoms with Crippen LogP contribution < -0.4 is 0 Å². The maximum absolute atomic E-state index is 13.0. The number of nitrogens with zero attached hydrogens (tertiary/aromatic N) is 2. The van der Waals surface area contributed by atoms with E-state index in [1.807, 2.05) is 0 Å². The molecule has 0 amide bonds. The molecule has 1 unspecified atom stereocenters. The fourth-order valence-electron chi connectivity index (χ4n) is 1.61. The van der Waals surface area contributed by atoms with Gasteiger partial charge in [0, 0.05) is 19.7 Å². The summed E-state index contributed by atoms with van der Waals surface area (Å²) >= 11 is 5.67. The normalized spacial score (nSPS) is 12.7. The van der Waals surface area contributed by atoms with Crippen LogP contribution >= 0.6 is 11.6 Å². The Bertz CT molecular complexity index is 527. The Kier molecular flexibility index (Phi) is 3.45. The van der Waals surface area contributed by atoms with E-state index in [0.717, 1.165) is 5.56 Å². The second-order valence-corrected chi connectivity index (χ2v) is 4.29. The molecule has 0 spiro atoms. The molecule has 0 radical (unpaired) electrons. The maximum Gasteiger partial charge on any atom is 0.141 e. The van der Waals surface area contributed by atoms with Crippen molar-refractivity contribution >= 4 is 11.6 Å². The second-order valence-electron chi connectivity index (χ2n) is 3.88.